The molecule has 0 aliphatic rings. The molecule has 2 nitrogen and oxygen atoms in total. The molecule has 0 aromatic heterocycles. The maximum absolute atomic E-state index is 13.2. The highest BCUT2D eigenvalue weighted by atomic mass is 19.1. The molecule has 1 atom stereocenters. The number of ether oxygens (including phenoxy) is 1. The molecule has 17 heavy (non-hydrogen) atoms. The maximum Gasteiger partial charge on any atom is 0.126 e. The van der Waals surface area contributed by atoms with E-state index in [1.165, 1.54) is 6.07 Å². The summed E-state index contributed by atoms with van der Waals surface area (Å²) in [6.45, 7) is 8.42. The molecule has 0 amide bonds. The van der Waals surface area contributed by atoms with E-state index in [9.17, 15) is 4.39 Å². The molecule has 0 fully saturated rings. The predicted molar refractivity (Wildman–Crippen MR) is 68.6 cm³/mol. The predicted octanol–water partition coefficient (Wildman–Crippen LogP) is 3.21. The van der Waals surface area contributed by atoms with Gasteiger partial charge in [-0.05, 0) is 51.9 Å². The highest BCUT2D eigenvalue weighted by molar-refractivity contribution is 5.26. The van der Waals surface area contributed by atoms with Crippen LogP contribution in [0.15, 0.2) is 18.2 Å². The van der Waals surface area contributed by atoms with Gasteiger partial charge >= 0.3 is 0 Å². The van der Waals surface area contributed by atoms with E-state index in [0.717, 1.165) is 5.56 Å². The normalized spacial score (nSPS) is 13.8. The molecule has 1 aromatic carbocycles. The Kier molecular flexibility index (Phi) is 4.66. The Morgan fingerprint density at radius 1 is 1.35 bits per heavy atom. The third-order valence-electron chi connectivity index (χ3n) is 2.62. The van der Waals surface area contributed by atoms with E-state index in [4.69, 9.17) is 4.74 Å². The summed E-state index contributed by atoms with van der Waals surface area (Å²) >= 11 is 0. The van der Waals surface area contributed by atoms with Gasteiger partial charge < -0.3 is 10.1 Å². The van der Waals surface area contributed by atoms with Gasteiger partial charge in [0.2, 0.25) is 0 Å². The minimum Gasteiger partial charge on any atom is -0.374 e. The van der Waals surface area contributed by atoms with Crippen LogP contribution in [0.3, 0.4) is 0 Å². The minimum absolute atomic E-state index is 0.0912. The van der Waals surface area contributed by atoms with E-state index >= 15 is 0 Å². The van der Waals surface area contributed by atoms with Crippen LogP contribution >= 0.6 is 0 Å². The van der Waals surface area contributed by atoms with E-state index in [0.29, 0.717) is 12.2 Å². The van der Waals surface area contributed by atoms with Gasteiger partial charge in [-0.3, -0.25) is 0 Å². The van der Waals surface area contributed by atoms with E-state index < -0.39 is 0 Å². The lowest BCUT2D eigenvalue weighted by Crippen LogP contribution is -2.28. The third kappa shape index (κ3) is 4.44. The first-order chi connectivity index (χ1) is 7.83. The van der Waals surface area contributed by atoms with E-state index in [-0.39, 0.29) is 17.5 Å². The lowest BCUT2D eigenvalue weighted by atomic mass is 10.0. The first kappa shape index (κ1) is 14.1. The zero-order valence-electron chi connectivity index (χ0n) is 11.3. The Bertz CT molecular complexity index is 371. The van der Waals surface area contributed by atoms with Gasteiger partial charge in [-0.2, -0.15) is 0 Å². The van der Waals surface area contributed by atoms with Gasteiger partial charge in [0, 0.05) is 0 Å². The Balaban J connectivity index is 2.76. The van der Waals surface area contributed by atoms with Crippen molar-refractivity contribution in [2.45, 2.75) is 39.3 Å². The summed E-state index contributed by atoms with van der Waals surface area (Å²) in [5.41, 5.74) is 1.55. The number of hydrogen-bond acceptors (Lipinski definition) is 2. The number of rotatable bonds is 4. The van der Waals surface area contributed by atoms with Crippen LogP contribution in [0.1, 0.15) is 37.9 Å². The average molecular weight is 239 g/mol. The van der Waals surface area contributed by atoms with Gasteiger partial charge in [-0.25, -0.2) is 4.39 Å². The van der Waals surface area contributed by atoms with E-state index in [2.05, 4.69) is 5.32 Å². The van der Waals surface area contributed by atoms with Gasteiger partial charge in [0.15, 0.2) is 0 Å². The smallest absolute Gasteiger partial charge is 0.126 e. The van der Waals surface area contributed by atoms with Crippen molar-refractivity contribution in [3.63, 3.8) is 0 Å². The third-order valence-corrected chi connectivity index (χ3v) is 2.62. The number of benzene rings is 1. The summed E-state index contributed by atoms with van der Waals surface area (Å²) in [7, 11) is 1.88. The number of likely N-dealkylation sites (N-methyl/N-ethyl adjacent to an activating group) is 1. The van der Waals surface area contributed by atoms with Gasteiger partial charge in [-0.1, -0.05) is 12.1 Å². The standard InChI is InChI=1S/C14H22FNO/c1-10-8-11(6-7-12(10)15)13(16-5)9-17-14(2,3)4/h6-8,13,16H,9H2,1-5H3. The van der Waals surface area contributed by atoms with E-state index in [1.807, 2.05) is 33.9 Å². The van der Waals surface area contributed by atoms with Crippen LogP contribution < -0.4 is 5.32 Å². The van der Waals surface area contributed by atoms with Crippen molar-refractivity contribution in [2.24, 2.45) is 0 Å². The SMILES string of the molecule is CNC(COC(C)(C)C)c1ccc(F)c(C)c1. The molecule has 0 radical (unpaired) electrons. The highest BCUT2D eigenvalue weighted by Crippen LogP contribution is 2.19. The second kappa shape index (κ2) is 5.61. The molecule has 0 aliphatic carbocycles. The number of hydrogen-bond donors (Lipinski definition) is 1. The molecule has 3 heteroatoms. The maximum atomic E-state index is 13.2. The number of aryl methyl sites for hydroxylation is 1. The largest absolute Gasteiger partial charge is 0.374 e. The number of halogens is 1. The van der Waals surface area contributed by atoms with Crippen molar-refractivity contribution >= 4 is 0 Å². The van der Waals surface area contributed by atoms with Gasteiger partial charge in [0.25, 0.3) is 0 Å². The zero-order valence-corrected chi connectivity index (χ0v) is 11.3. The summed E-state index contributed by atoms with van der Waals surface area (Å²) in [4.78, 5) is 0. The van der Waals surface area contributed by atoms with Crippen LogP contribution in [0, 0.1) is 12.7 Å². The van der Waals surface area contributed by atoms with Crippen molar-refractivity contribution in [2.75, 3.05) is 13.7 Å². The number of nitrogens with one attached hydrogen (secondary N) is 1. The lowest BCUT2D eigenvalue weighted by molar-refractivity contribution is -0.0139. The summed E-state index contributed by atoms with van der Waals surface area (Å²) in [6, 6.07) is 5.26. The minimum atomic E-state index is -0.166. The molecule has 1 N–H and O–H groups in total. The van der Waals surface area contributed by atoms with Crippen molar-refractivity contribution in [1.82, 2.24) is 5.32 Å². The Morgan fingerprint density at radius 3 is 2.47 bits per heavy atom. The Labute approximate surface area is 103 Å². The molecule has 0 aliphatic heterocycles. The topological polar surface area (TPSA) is 21.3 Å². The monoisotopic (exact) mass is 239 g/mol. The van der Waals surface area contributed by atoms with Crippen LogP contribution in [0.2, 0.25) is 0 Å². The fraction of sp³-hybridized carbons (Fsp3) is 0.571. The van der Waals surface area contributed by atoms with Crippen LogP contribution in [-0.4, -0.2) is 19.3 Å². The molecule has 1 unspecified atom stereocenters. The van der Waals surface area contributed by atoms with Crippen LogP contribution in [0.25, 0.3) is 0 Å². The Morgan fingerprint density at radius 2 is 2.00 bits per heavy atom. The summed E-state index contributed by atoms with van der Waals surface area (Å²) in [5, 5.41) is 3.19. The van der Waals surface area contributed by atoms with Crippen LogP contribution in [0.4, 0.5) is 4.39 Å². The van der Waals surface area contributed by atoms with E-state index in [1.54, 1.807) is 13.0 Å². The van der Waals surface area contributed by atoms with Crippen molar-refractivity contribution in [3.05, 3.63) is 35.1 Å². The summed E-state index contributed by atoms with van der Waals surface area (Å²) in [5.74, 6) is -0.166. The second-order valence-corrected chi connectivity index (χ2v) is 5.27. The molecular formula is C14H22FNO. The fourth-order valence-electron chi connectivity index (χ4n) is 1.56. The van der Waals surface area contributed by atoms with Crippen molar-refractivity contribution in [3.8, 4) is 0 Å². The molecule has 0 saturated heterocycles. The molecule has 96 valence electrons. The molecule has 1 rings (SSSR count). The first-order valence-electron chi connectivity index (χ1n) is 5.91. The van der Waals surface area contributed by atoms with Crippen LogP contribution in [-0.2, 0) is 4.74 Å². The van der Waals surface area contributed by atoms with Gasteiger partial charge in [-0.15, -0.1) is 0 Å². The lowest BCUT2D eigenvalue weighted by Gasteiger charge is -2.24. The molecule has 0 heterocycles. The van der Waals surface area contributed by atoms with Crippen LogP contribution in [0.5, 0.6) is 0 Å². The van der Waals surface area contributed by atoms with Crippen molar-refractivity contribution < 1.29 is 9.13 Å². The summed E-state index contributed by atoms with van der Waals surface area (Å²) in [6.07, 6.45) is 0. The van der Waals surface area contributed by atoms with Gasteiger partial charge in [0.1, 0.15) is 5.82 Å². The molecule has 0 bridgehead atoms. The highest BCUT2D eigenvalue weighted by Gasteiger charge is 2.16. The van der Waals surface area contributed by atoms with Crippen molar-refractivity contribution in [1.29, 1.82) is 0 Å². The quantitative estimate of drug-likeness (QED) is 0.871. The average Bonchev–Trinajstić information content (AvgIpc) is 2.22. The zero-order chi connectivity index (χ0) is 13.1. The summed E-state index contributed by atoms with van der Waals surface area (Å²) < 4.78 is 18.9. The molecule has 1 aromatic rings. The fourth-order valence-corrected chi connectivity index (χ4v) is 1.56. The van der Waals surface area contributed by atoms with Gasteiger partial charge in [0.05, 0.1) is 18.2 Å². The molecule has 0 spiro atoms. The Hall–Kier alpha value is -0.930. The molecule has 0 saturated carbocycles. The first-order valence-corrected chi connectivity index (χ1v) is 5.91. The second-order valence-electron chi connectivity index (χ2n) is 5.27. The molecular weight excluding hydrogens is 217 g/mol.